The standard InChI is InChI=1S/C27H28N2O3S/c1-17-13-18(2)15-20(14-17)29-33(30,31)22-11-12-26-25(16-22)23-5-4-6-24(23)27(28-26)19-7-9-21(32-3)10-8-19/h4-5,7-16,23-24,27-29H,6H2,1-3H3. The van der Waals surface area contributed by atoms with E-state index < -0.39 is 10.0 Å². The van der Waals surface area contributed by atoms with E-state index in [1.807, 2.05) is 56.3 Å². The molecule has 0 aromatic heterocycles. The lowest BCUT2D eigenvalue weighted by Crippen LogP contribution is -2.29. The maximum atomic E-state index is 13.2. The quantitative estimate of drug-likeness (QED) is 0.463. The largest absolute Gasteiger partial charge is 0.497 e. The van der Waals surface area contributed by atoms with E-state index in [9.17, 15) is 8.42 Å². The second-order valence-electron chi connectivity index (χ2n) is 8.98. The first kappa shape index (κ1) is 21.6. The molecule has 0 amide bonds. The van der Waals surface area contributed by atoms with Crippen molar-refractivity contribution in [3.63, 3.8) is 0 Å². The van der Waals surface area contributed by atoms with Crippen molar-refractivity contribution in [2.45, 2.75) is 37.1 Å². The number of methoxy groups -OCH3 is 1. The summed E-state index contributed by atoms with van der Waals surface area (Å²) in [7, 11) is -2.03. The minimum Gasteiger partial charge on any atom is -0.497 e. The number of sulfonamides is 1. The van der Waals surface area contributed by atoms with Gasteiger partial charge in [0.1, 0.15) is 5.75 Å². The Morgan fingerprint density at radius 2 is 1.70 bits per heavy atom. The first-order valence-electron chi connectivity index (χ1n) is 11.2. The van der Waals surface area contributed by atoms with Crippen molar-refractivity contribution in [2.24, 2.45) is 5.92 Å². The molecule has 0 saturated heterocycles. The van der Waals surface area contributed by atoms with Gasteiger partial charge >= 0.3 is 0 Å². The van der Waals surface area contributed by atoms with Gasteiger partial charge in [-0.05, 0) is 90.9 Å². The SMILES string of the molecule is COc1ccc(C2Nc3ccc(S(=O)(=O)Nc4cc(C)cc(C)c4)cc3C3C=CCC32)cc1. The van der Waals surface area contributed by atoms with Crippen LogP contribution in [0.15, 0.2) is 77.7 Å². The van der Waals surface area contributed by atoms with E-state index in [0.717, 1.165) is 34.5 Å². The highest BCUT2D eigenvalue weighted by molar-refractivity contribution is 7.92. The Bertz CT molecular complexity index is 1310. The Morgan fingerprint density at radius 3 is 2.39 bits per heavy atom. The van der Waals surface area contributed by atoms with Crippen molar-refractivity contribution in [1.82, 2.24) is 0 Å². The van der Waals surface area contributed by atoms with E-state index in [-0.39, 0.29) is 16.9 Å². The predicted molar refractivity (Wildman–Crippen MR) is 133 cm³/mol. The summed E-state index contributed by atoms with van der Waals surface area (Å²) in [5.41, 5.74) is 5.84. The van der Waals surface area contributed by atoms with Gasteiger partial charge in [-0.2, -0.15) is 0 Å². The van der Waals surface area contributed by atoms with Crippen LogP contribution in [0.1, 0.15) is 40.6 Å². The van der Waals surface area contributed by atoms with Crippen molar-refractivity contribution in [1.29, 1.82) is 0 Å². The number of fused-ring (bicyclic) bond motifs is 3. The maximum Gasteiger partial charge on any atom is 0.261 e. The Kier molecular flexibility index (Phi) is 5.41. The highest BCUT2D eigenvalue weighted by Gasteiger charge is 2.38. The van der Waals surface area contributed by atoms with Crippen LogP contribution >= 0.6 is 0 Å². The van der Waals surface area contributed by atoms with E-state index in [4.69, 9.17) is 4.74 Å². The molecule has 3 aromatic rings. The fourth-order valence-electron chi connectivity index (χ4n) is 5.13. The van der Waals surface area contributed by atoms with Crippen LogP contribution in [0.25, 0.3) is 0 Å². The number of hydrogen-bond acceptors (Lipinski definition) is 4. The number of rotatable bonds is 5. The summed E-state index contributed by atoms with van der Waals surface area (Å²) in [5, 5.41) is 3.67. The topological polar surface area (TPSA) is 67.4 Å². The molecule has 3 atom stereocenters. The lowest BCUT2D eigenvalue weighted by Gasteiger charge is -2.37. The summed E-state index contributed by atoms with van der Waals surface area (Å²) in [6, 6.07) is 19.4. The normalized spacial score (nSPS) is 21.1. The Morgan fingerprint density at radius 1 is 0.970 bits per heavy atom. The smallest absolute Gasteiger partial charge is 0.261 e. The molecule has 2 N–H and O–H groups in total. The van der Waals surface area contributed by atoms with Crippen molar-refractivity contribution < 1.29 is 13.2 Å². The van der Waals surface area contributed by atoms with Gasteiger partial charge in [-0.15, -0.1) is 0 Å². The number of anilines is 2. The van der Waals surface area contributed by atoms with Gasteiger partial charge < -0.3 is 10.1 Å². The molecule has 0 bridgehead atoms. The average Bonchev–Trinajstić information content (AvgIpc) is 3.27. The molecule has 5 nitrogen and oxygen atoms in total. The van der Waals surface area contributed by atoms with E-state index in [2.05, 4.69) is 34.3 Å². The molecule has 1 aliphatic carbocycles. The first-order chi connectivity index (χ1) is 15.8. The van der Waals surface area contributed by atoms with Crippen LogP contribution in [0.3, 0.4) is 0 Å². The van der Waals surface area contributed by atoms with Gasteiger partial charge in [-0.3, -0.25) is 4.72 Å². The second kappa shape index (κ2) is 8.27. The van der Waals surface area contributed by atoms with Gasteiger partial charge in [0.05, 0.1) is 18.0 Å². The summed E-state index contributed by atoms with van der Waals surface area (Å²) in [6.07, 6.45) is 5.37. The fourth-order valence-corrected chi connectivity index (χ4v) is 6.20. The van der Waals surface area contributed by atoms with Gasteiger partial charge in [0.2, 0.25) is 0 Å². The molecule has 1 aliphatic heterocycles. The molecular formula is C27H28N2O3S. The zero-order chi connectivity index (χ0) is 23.2. The third kappa shape index (κ3) is 4.11. The van der Waals surface area contributed by atoms with Crippen LogP contribution in [0.4, 0.5) is 11.4 Å². The fraction of sp³-hybridized carbons (Fsp3) is 0.259. The third-order valence-corrected chi connectivity index (χ3v) is 7.97. The van der Waals surface area contributed by atoms with Crippen molar-refractivity contribution in [3.05, 3.63) is 95.1 Å². The van der Waals surface area contributed by atoms with Crippen LogP contribution in [0.2, 0.25) is 0 Å². The predicted octanol–water partition coefficient (Wildman–Crippen LogP) is 5.94. The summed E-state index contributed by atoms with van der Waals surface area (Å²) >= 11 is 0. The van der Waals surface area contributed by atoms with Gasteiger partial charge in [0.25, 0.3) is 10.0 Å². The molecule has 0 spiro atoms. The number of allylic oxidation sites excluding steroid dienone is 2. The van der Waals surface area contributed by atoms with Crippen molar-refractivity contribution in [2.75, 3.05) is 17.1 Å². The highest BCUT2D eigenvalue weighted by atomic mass is 32.2. The molecule has 0 radical (unpaired) electrons. The van der Waals surface area contributed by atoms with E-state index in [0.29, 0.717) is 11.6 Å². The van der Waals surface area contributed by atoms with Crippen LogP contribution in [-0.2, 0) is 10.0 Å². The number of nitrogens with one attached hydrogen (secondary N) is 2. The van der Waals surface area contributed by atoms with Crippen LogP contribution in [-0.4, -0.2) is 15.5 Å². The molecule has 3 unspecified atom stereocenters. The highest BCUT2D eigenvalue weighted by Crippen LogP contribution is 2.50. The molecule has 6 heteroatoms. The maximum absolute atomic E-state index is 13.2. The monoisotopic (exact) mass is 460 g/mol. The molecule has 3 aromatic carbocycles. The lowest BCUT2D eigenvalue weighted by atomic mass is 9.77. The van der Waals surface area contributed by atoms with E-state index in [1.165, 1.54) is 5.56 Å². The van der Waals surface area contributed by atoms with Crippen LogP contribution in [0.5, 0.6) is 5.75 Å². The number of hydrogen-bond donors (Lipinski definition) is 2. The van der Waals surface area contributed by atoms with E-state index in [1.54, 1.807) is 13.2 Å². The number of aryl methyl sites for hydroxylation is 2. The van der Waals surface area contributed by atoms with E-state index >= 15 is 0 Å². The third-order valence-electron chi connectivity index (χ3n) is 6.59. The molecule has 0 fully saturated rings. The summed E-state index contributed by atoms with van der Waals surface area (Å²) < 4.78 is 34.4. The van der Waals surface area contributed by atoms with Gasteiger partial charge in [0.15, 0.2) is 0 Å². The average molecular weight is 461 g/mol. The number of ether oxygens (including phenoxy) is 1. The van der Waals surface area contributed by atoms with Gasteiger partial charge in [0, 0.05) is 17.3 Å². The zero-order valence-corrected chi connectivity index (χ0v) is 19.8. The molecule has 2 aliphatic rings. The minimum absolute atomic E-state index is 0.152. The second-order valence-corrected chi connectivity index (χ2v) is 10.7. The molecule has 33 heavy (non-hydrogen) atoms. The van der Waals surface area contributed by atoms with Gasteiger partial charge in [-0.1, -0.05) is 30.4 Å². The molecular weight excluding hydrogens is 432 g/mol. The first-order valence-corrected chi connectivity index (χ1v) is 12.6. The molecule has 170 valence electrons. The number of benzene rings is 3. The summed E-state index contributed by atoms with van der Waals surface area (Å²) in [6.45, 7) is 3.92. The summed E-state index contributed by atoms with van der Waals surface area (Å²) in [5.74, 6) is 1.34. The summed E-state index contributed by atoms with van der Waals surface area (Å²) in [4.78, 5) is 0.282. The zero-order valence-electron chi connectivity index (χ0n) is 19.0. The minimum atomic E-state index is -3.70. The Hall–Kier alpha value is -3.25. The Labute approximate surface area is 195 Å². The molecule has 1 heterocycles. The Balaban J connectivity index is 1.47. The lowest BCUT2D eigenvalue weighted by molar-refractivity contribution is 0.411. The van der Waals surface area contributed by atoms with Crippen LogP contribution < -0.4 is 14.8 Å². The molecule has 5 rings (SSSR count). The van der Waals surface area contributed by atoms with Crippen molar-refractivity contribution >= 4 is 21.4 Å². The van der Waals surface area contributed by atoms with Crippen molar-refractivity contribution in [3.8, 4) is 5.75 Å². The molecule has 0 saturated carbocycles. The van der Waals surface area contributed by atoms with Crippen LogP contribution in [0, 0.1) is 19.8 Å². The van der Waals surface area contributed by atoms with Gasteiger partial charge in [-0.25, -0.2) is 8.42 Å².